The van der Waals surface area contributed by atoms with Gasteiger partial charge in [0.2, 0.25) is 11.8 Å². The zero-order chi connectivity index (χ0) is 19.1. The van der Waals surface area contributed by atoms with Gasteiger partial charge < -0.3 is 16.4 Å². The standard InChI is InChI=1S/C20H30N4O2S.2ClH/c21-20(26)17-5-2-7-24(13-17)12-16-4-1-3-15(9-16)11-23-19(25)10-18-14-27-8-6-22-18;;/h1,3-4,9,17-18,22H,2,5-8,10-14H2,(H2,21,26)(H,23,25);2*1H. The molecule has 2 unspecified atom stereocenters. The second kappa shape index (κ2) is 13.3. The summed E-state index contributed by atoms with van der Waals surface area (Å²) in [5.74, 6) is 2.00. The molecule has 9 heteroatoms. The van der Waals surface area contributed by atoms with E-state index < -0.39 is 0 Å². The minimum absolute atomic E-state index is 0. The smallest absolute Gasteiger partial charge is 0.221 e. The number of primary amides is 1. The molecule has 3 rings (SSSR count). The first-order chi connectivity index (χ1) is 13.1. The molecule has 29 heavy (non-hydrogen) atoms. The van der Waals surface area contributed by atoms with Gasteiger partial charge in [0.1, 0.15) is 0 Å². The van der Waals surface area contributed by atoms with E-state index >= 15 is 0 Å². The summed E-state index contributed by atoms with van der Waals surface area (Å²) in [7, 11) is 0. The molecule has 0 bridgehead atoms. The number of nitrogens with two attached hydrogens (primary N) is 1. The van der Waals surface area contributed by atoms with Gasteiger partial charge in [-0.3, -0.25) is 14.5 Å². The fourth-order valence-electron chi connectivity index (χ4n) is 3.77. The Morgan fingerprint density at radius 1 is 1.28 bits per heavy atom. The maximum Gasteiger partial charge on any atom is 0.221 e. The van der Waals surface area contributed by atoms with Crippen LogP contribution in [0.5, 0.6) is 0 Å². The lowest BCUT2D eigenvalue weighted by Gasteiger charge is -2.31. The summed E-state index contributed by atoms with van der Waals surface area (Å²) in [4.78, 5) is 25.9. The first-order valence-corrected chi connectivity index (χ1v) is 10.9. The van der Waals surface area contributed by atoms with E-state index in [0.717, 1.165) is 56.1 Å². The van der Waals surface area contributed by atoms with Crippen molar-refractivity contribution in [2.75, 3.05) is 31.1 Å². The van der Waals surface area contributed by atoms with Gasteiger partial charge in [-0.05, 0) is 30.5 Å². The molecule has 0 radical (unpaired) electrons. The van der Waals surface area contributed by atoms with Crippen LogP contribution in [0.25, 0.3) is 0 Å². The summed E-state index contributed by atoms with van der Waals surface area (Å²) in [6, 6.07) is 8.60. The van der Waals surface area contributed by atoms with Gasteiger partial charge in [-0.15, -0.1) is 24.8 Å². The molecular weight excluding hydrogens is 431 g/mol. The van der Waals surface area contributed by atoms with Gasteiger partial charge >= 0.3 is 0 Å². The van der Waals surface area contributed by atoms with Crippen molar-refractivity contribution in [3.05, 3.63) is 35.4 Å². The summed E-state index contributed by atoms with van der Waals surface area (Å²) in [5, 5.41) is 6.43. The zero-order valence-electron chi connectivity index (χ0n) is 16.6. The Morgan fingerprint density at radius 3 is 2.79 bits per heavy atom. The van der Waals surface area contributed by atoms with Crippen molar-refractivity contribution >= 4 is 48.4 Å². The SMILES string of the molecule is Cl.Cl.NC(=O)C1CCCN(Cc2cccc(CNC(=O)CC3CSCCN3)c2)C1. The highest BCUT2D eigenvalue weighted by atomic mass is 35.5. The van der Waals surface area contributed by atoms with Crippen molar-refractivity contribution in [2.24, 2.45) is 11.7 Å². The Hall–Kier alpha value is -0.990. The van der Waals surface area contributed by atoms with Gasteiger partial charge in [0.05, 0.1) is 5.92 Å². The molecule has 2 aliphatic heterocycles. The summed E-state index contributed by atoms with van der Waals surface area (Å²) in [5.41, 5.74) is 7.78. The number of likely N-dealkylation sites (tertiary alicyclic amines) is 1. The van der Waals surface area contributed by atoms with Crippen LogP contribution in [0.1, 0.15) is 30.4 Å². The van der Waals surface area contributed by atoms with Crippen LogP contribution in [0, 0.1) is 5.92 Å². The fraction of sp³-hybridized carbons (Fsp3) is 0.600. The van der Waals surface area contributed by atoms with Crippen LogP contribution in [0.2, 0.25) is 0 Å². The third kappa shape index (κ3) is 8.72. The van der Waals surface area contributed by atoms with Crippen LogP contribution in [0.15, 0.2) is 24.3 Å². The van der Waals surface area contributed by atoms with Crippen LogP contribution in [-0.4, -0.2) is 53.9 Å². The molecule has 2 aliphatic rings. The van der Waals surface area contributed by atoms with Crippen molar-refractivity contribution in [3.63, 3.8) is 0 Å². The molecule has 2 atom stereocenters. The Kier molecular flexibility index (Phi) is 12.0. The Morgan fingerprint density at radius 2 is 2.07 bits per heavy atom. The average molecular weight is 463 g/mol. The van der Waals surface area contributed by atoms with Crippen LogP contribution < -0.4 is 16.4 Å². The quantitative estimate of drug-likeness (QED) is 0.576. The van der Waals surface area contributed by atoms with Crippen LogP contribution >= 0.6 is 36.6 Å². The van der Waals surface area contributed by atoms with Crippen molar-refractivity contribution in [2.45, 2.75) is 38.4 Å². The maximum atomic E-state index is 12.2. The van der Waals surface area contributed by atoms with Crippen molar-refractivity contribution < 1.29 is 9.59 Å². The molecule has 4 N–H and O–H groups in total. The number of benzene rings is 1. The van der Waals surface area contributed by atoms with Gasteiger partial charge in [-0.2, -0.15) is 11.8 Å². The number of amides is 2. The Balaban J connectivity index is 0.00000210. The number of piperidine rings is 1. The molecule has 6 nitrogen and oxygen atoms in total. The molecular formula is C20H32Cl2N4O2S. The van der Waals surface area contributed by atoms with Gasteiger partial charge in [-0.25, -0.2) is 0 Å². The van der Waals surface area contributed by atoms with E-state index in [9.17, 15) is 9.59 Å². The Bertz CT molecular complexity index is 659. The lowest BCUT2D eigenvalue weighted by atomic mass is 9.97. The van der Waals surface area contributed by atoms with Crippen LogP contribution in [0.3, 0.4) is 0 Å². The number of nitrogens with zero attached hydrogens (tertiary/aromatic N) is 1. The van der Waals surface area contributed by atoms with E-state index in [-0.39, 0.29) is 48.6 Å². The van der Waals surface area contributed by atoms with Gasteiger partial charge in [-0.1, -0.05) is 24.3 Å². The number of thioether (sulfide) groups is 1. The molecule has 2 saturated heterocycles. The second-order valence-corrected chi connectivity index (χ2v) is 8.65. The summed E-state index contributed by atoms with van der Waals surface area (Å²) < 4.78 is 0. The normalized spacial score (nSPS) is 22.1. The van der Waals surface area contributed by atoms with Crippen molar-refractivity contribution in [1.82, 2.24) is 15.5 Å². The number of carbonyl (C=O) groups is 2. The number of rotatable bonds is 7. The van der Waals surface area contributed by atoms with Crippen molar-refractivity contribution in [3.8, 4) is 0 Å². The third-order valence-corrected chi connectivity index (χ3v) is 6.36. The van der Waals surface area contributed by atoms with Crippen LogP contribution in [0.4, 0.5) is 0 Å². The number of hydrogen-bond donors (Lipinski definition) is 3. The molecule has 2 amide bonds. The fourth-order valence-corrected chi connectivity index (χ4v) is 4.72. The number of nitrogens with one attached hydrogen (secondary N) is 2. The largest absolute Gasteiger partial charge is 0.369 e. The van der Waals surface area contributed by atoms with E-state index in [1.807, 2.05) is 23.9 Å². The summed E-state index contributed by atoms with van der Waals surface area (Å²) in [6.07, 6.45) is 2.44. The monoisotopic (exact) mass is 462 g/mol. The highest BCUT2D eigenvalue weighted by molar-refractivity contribution is 7.99. The molecule has 1 aromatic rings. The predicted molar refractivity (Wildman–Crippen MR) is 124 cm³/mol. The molecule has 2 fully saturated rings. The molecule has 0 saturated carbocycles. The van der Waals surface area contributed by atoms with E-state index in [2.05, 4.69) is 27.7 Å². The average Bonchev–Trinajstić information content (AvgIpc) is 2.68. The van der Waals surface area contributed by atoms with E-state index in [1.165, 1.54) is 5.56 Å². The second-order valence-electron chi connectivity index (χ2n) is 7.50. The summed E-state index contributed by atoms with van der Waals surface area (Å²) >= 11 is 1.90. The first kappa shape index (κ1) is 26.0. The molecule has 0 aromatic heterocycles. The first-order valence-electron chi connectivity index (χ1n) is 9.77. The highest BCUT2D eigenvalue weighted by Gasteiger charge is 2.23. The minimum atomic E-state index is -0.193. The van der Waals surface area contributed by atoms with Gasteiger partial charge in [0.25, 0.3) is 0 Å². The number of carbonyl (C=O) groups excluding carboxylic acids is 2. The molecule has 164 valence electrons. The molecule has 2 heterocycles. The van der Waals surface area contributed by atoms with Crippen molar-refractivity contribution in [1.29, 1.82) is 0 Å². The van der Waals surface area contributed by atoms with Gasteiger partial charge in [0.15, 0.2) is 0 Å². The summed E-state index contributed by atoms with van der Waals surface area (Å²) in [6.45, 7) is 4.09. The lowest BCUT2D eigenvalue weighted by Crippen LogP contribution is -2.41. The highest BCUT2D eigenvalue weighted by Crippen LogP contribution is 2.19. The molecule has 1 aromatic carbocycles. The topological polar surface area (TPSA) is 87.5 Å². The Labute approximate surface area is 189 Å². The molecule has 0 aliphatic carbocycles. The van der Waals surface area contributed by atoms with E-state index in [0.29, 0.717) is 13.0 Å². The van der Waals surface area contributed by atoms with Gasteiger partial charge in [0, 0.05) is 50.1 Å². The molecule has 0 spiro atoms. The lowest BCUT2D eigenvalue weighted by molar-refractivity contribution is -0.123. The van der Waals surface area contributed by atoms with Crippen LogP contribution in [-0.2, 0) is 22.7 Å². The van der Waals surface area contributed by atoms with E-state index in [4.69, 9.17) is 5.73 Å². The predicted octanol–water partition coefficient (Wildman–Crippen LogP) is 1.94. The third-order valence-electron chi connectivity index (χ3n) is 5.23. The maximum absolute atomic E-state index is 12.2. The number of hydrogen-bond acceptors (Lipinski definition) is 5. The number of halogens is 2. The minimum Gasteiger partial charge on any atom is -0.369 e. The van der Waals surface area contributed by atoms with E-state index in [1.54, 1.807) is 0 Å². The zero-order valence-corrected chi connectivity index (χ0v) is 19.1.